The first-order chi connectivity index (χ1) is 9.21. The Labute approximate surface area is 123 Å². The SMILES string of the molecule is COCc1nc(Cl)cc(NC2CCCC(SC)C2)n1. The van der Waals surface area contributed by atoms with Gasteiger partial charge in [0.25, 0.3) is 0 Å². The Kier molecular flexibility index (Phi) is 5.73. The quantitative estimate of drug-likeness (QED) is 0.845. The number of halogens is 1. The van der Waals surface area contributed by atoms with Crippen LogP contribution in [0.3, 0.4) is 0 Å². The minimum absolute atomic E-state index is 0.382. The van der Waals surface area contributed by atoms with E-state index in [0.717, 1.165) is 11.1 Å². The maximum Gasteiger partial charge on any atom is 0.158 e. The summed E-state index contributed by atoms with van der Waals surface area (Å²) in [4.78, 5) is 8.56. The van der Waals surface area contributed by atoms with Gasteiger partial charge in [-0.15, -0.1) is 0 Å². The Bertz CT molecular complexity index is 419. The number of nitrogens with zero attached hydrogens (tertiary/aromatic N) is 2. The summed E-state index contributed by atoms with van der Waals surface area (Å²) < 4.78 is 5.05. The molecule has 4 nitrogen and oxygen atoms in total. The largest absolute Gasteiger partial charge is 0.377 e. The first kappa shape index (κ1) is 14.9. The van der Waals surface area contributed by atoms with Gasteiger partial charge < -0.3 is 10.1 Å². The number of methoxy groups -OCH3 is 1. The van der Waals surface area contributed by atoms with Crippen molar-refractivity contribution in [3.8, 4) is 0 Å². The van der Waals surface area contributed by atoms with Gasteiger partial charge >= 0.3 is 0 Å². The fourth-order valence-corrected chi connectivity index (χ4v) is 3.46. The standard InChI is InChI=1S/C13H20ClN3OS/c1-18-8-13-16-11(14)7-12(17-13)15-9-4-3-5-10(6-9)19-2/h7,9-10H,3-6,8H2,1-2H3,(H,15,16,17). The van der Waals surface area contributed by atoms with E-state index < -0.39 is 0 Å². The third-order valence-corrected chi connectivity index (χ3v) is 4.61. The van der Waals surface area contributed by atoms with Crippen LogP contribution in [0.5, 0.6) is 0 Å². The molecule has 2 rings (SSSR count). The molecule has 0 amide bonds. The van der Waals surface area contributed by atoms with Gasteiger partial charge in [0.15, 0.2) is 5.82 Å². The minimum atomic E-state index is 0.382. The molecule has 0 spiro atoms. The van der Waals surface area contributed by atoms with Crippen LogP contribution in [0.1, 0.15) is 31.5 Å². The van der Waals surface area contributed by atoms with Crippen molar-refractivity contribution in [1.29, 1.82) is 0 Å². The zero-order chi connectivity index (χ0) is 13.7. The average molecular weight is 302 g/mol. The summed E-state index contributed by atoms with van der Waals surface area (Å²) in [6, 6.07) is 2.26. The molecule has 2 unspecified atom stereocenters. The van der Waals surface area contributed by atoms with Crippen LogP contribution in [-0.2, 0) is 11.3 Å². The normalized spacial score (nSPS) is 23.3. The molecule has 1 saturated carbocycles. The van der Waals surface area contributed by atoms with Gasteiger partial charge in [-0.25, -0.2) is 9.97 Å². The van der Waals surface area contributed by atoms with Gasteiger partial charge in [-0.05, 0) is 25.5 Å². The molecule has 0 radical (unpaired) electrons. The van der Waals surface area contributed by atoms with Crippen molar-refractivity contribution < 1.29 is 4.74 Å². The predicted octanol–water partition coefficient (Wildman–Crippen LogP) is 3.36. The van der Waals surface area contributed by atoms with Crippen LogP contribution in [-0.4, -0.2) is 34.6 Å². The number of nitrogens with one attached hydrogen (secondary N) is 1. The number of ether oxygens (including phenoxy) is 1. The highest BCUT2D eigenvalue weighted by Gasteiger charge is 2.21. The number of rotatable bonds is 5. The summed E-state index contributed by atoms with van der Waals surface area (Å²) in [5.74, 6) is 1.42. The average Bonchev–Trinajstić information content (AvgIpc) is 2.38. The molecule has 19 heavy (non-hydrogen) atoms. The maximum atomic E-state index is 6.01. The van der Waals surface area contributed by atoms with Gasteiger partial charge in [-0.3, -0.25) is 0 Å². The Morgan fingerprint density at radius 2 is 2.32 bits per heavy atom. The third kappa shape index (κ3) is 4.51. The molecule has 1 aliphatic rings. The van der Waals surface area contributed by atoms with Gasteiger partial charge in [0.1, 0.15) is 17.6 Å². The molecule has 106 valence electrons. The number of thioether (sulfide) groups is 1. The minimum Gasteiger partial charge on any atom is -0.377 e. The molecule has 2 atom stereocenters. The zero-order valence-corrected chi connectivity index (χ0v) is 12.9. The summed E-state index contributed by atoms with van der Waals surface area (Å²) >= 11 is 7.96. The van der Waals surface area contributed by atoms with Crippen LogP contribution >= 0.6 is 23.4 Å². The molecule has 1 aromatic rings. The highest BCUT2D eigenvalue weighted by atomic mass is 35.5. The van der Waals surface area contributed by atoms with Crippen molar-refractivity contribution in [3.63, 3.8) is 0 Å². The maximum absolute atomic E-state index is 6.01. The Balaban J connectivity index is 2.01. The molecule has 6 heteroatoms. The van der Waals surface area contributed by atoms with E-state index in [1.807, 2.05) is 11.8 Å². The summed E-state index contributed by atoms with van der Waals surface area (Å²) in [5, 5.41) is 4.69. The molecule has 1 fully saturated rings. The van der Waals surface area contributed by atoms with E-state index >= 15 is 0 Å². The summed E-state index contributed by atoms with van der Waals surface area (Å²) in [6.07, 6.45) is 7.15. The first-order valence-electron chi connectivity index (χ1n) is 6.53. The zero-order valence-electron chi connectivity index (χ0n) is 11.4. The monoisotopic (exact) mass is 301 g/mol. The van der Waals surface area contributed by atoms with Crippen molar-refractivity contribution in [2.75, 3.05) is 18.7 Å². The van der Waals surface area contributed by atoms with Crippen molar-refractivity contribution in [3.05, 3.63) is 17.0 Å². The van der Waals surface area contributed by atoms with Crippen LogP contribution in [0.4, 0.5) is 5.82 Å². The highest BCUT2D eigenvalue weighted by molar-refractivity contribution is 7.99. The van der Waals surface area contributed by atoms with Crippen LogP contribution in [0.15, 0.2) is 6.07 Å². The third-order valence-electron chi connectivity index (χ3n) is 3.33. The van der Waals surface area contributed by atoms with Crippen molar-refractivity contribution >= 4 is 29.2 Å². The second-order valence-corrected chi connectivity index (χ2v) is 6.32. The van der Waals surface area contributed by atoms with Crippen LogP contribution in [0.25, 0.3) is 0 Å². The second kappa shape index (κ2) is 7.31. The Hall–Kier alpha value is -0.520. The van der Waals surface area contributed by atoms with Gasteiger partial charge in [-0.1, -0.05) is 18.0 Å². The second-order valence-electron chi connectivity index (χ2n) is 4.79. The fourth-order valence-electron chi connectivity index (χ4n) is 2.43. The van der Waals surface area contributed by atoms with E-state index in [2.05, 4.69) is 21.5 Å². The van der Waals surface area contributed by atoms with Crippen LogP contribution in [0.2, 0.25) is 5.15 Å². The van der Waals surface area contributed by atoms with E-state index in [4.69, 9.17) is 16.3 Å². The molecule has 0 aromatic carbocycles. The molecule has 0 saturated heterocycles. The number of anilines is 1. The topological polar surface area (TPSA) is 47.0 Å². The molecule has 0 aliphatic heterocycles. The molecule has 1 heterocycles. The van der Waals surface area contributed by atoms with Crippen molar-refractivity contribution in [2.24, 2.45) is 0 Å². The molecular weight excluding hydrogens is 282 g/mol. The van der Waals surface area contributed by atoms with Gasteiger partial charge in [0.05, 0.1) is 0 Å². The lowest BCUT2D eigenvalue weighted by molar-refractivity contribution is 0.178. The summed E-state index contributed by atoms with van der Waals surface area (Å²) in [5.41, 5.74) is 0. The Morgan fingerprint density at radius 3 is 3.05 bits per heavy atom. The van der Waals surface area contributed by atoms with E-state index in [9.17, 15) is 0 Å². The van der Waals surface area contributed by atoms with E-state index in [-0.39, 0.29) is 0 Å². The first-order valence-corrected chi connectivity index (χ1v) is 8.19. The fraction of sp³-hybridized carbons (Fsp3) is 0.692. The number of aromatic nitrogens is 2. The van der Waals surface area contributed by atoms with E-state index in [1.165, 1.54) is 25.7 Å². The van der Waals surface area contributed by atoms with Crippen LogP contribution in [0, 0.1) is 0 Å². The molecular formula is C13H20ClN3OS. The smallest absolute Gasteiger partial charge is 0.158 e. The van der Waals surface area contributed by atoms with Gasteiger partial charge in [0, 0.05) is 24.5 Å². The highest BCUT2D eigenvalue weighted by Crippen LogP contribution is 2.28. The van der Waals surface area contributed by atoms with Crippen molar-refractivity contribution in [1.82, 2.24) is 9.97 Å². The lowest BCUT2D eigenvalue weighted by Crippen LogP contribution is -2.29. The molecule has 1 aromatic heterocycles. The van der Waals surface area contributed by atoms with Crippen LogP contribution < -0.4 is 5.32 Å². The number of hydrogen-bond donors (Lipinski definition) is 1. The lowest BCUT2D eigenvalue weighted by atomic mass is 9.95. The van der Waals surface area contributed by atoms with E-state index in [1.54, 1.807) is 13.2 Å². The van der Waals surface area contributed by atoms with Gasteiger partial charge in [0.2, 0.25) is 0 Å². The number of hydrogen-bond acceptors (Lipinski definition) is 5. The van der Waals surface area contributed by atoms with E-state index in [0.29, 0.717) is 23.6 Å². The summed E-state index contributed by atoms with van der Waals surface area (Å²) in [7, 11) is 1.63. The molecule has 1 N–H and O–H groups in total. The Morgan fingerprint density at radius 1 is 1.47 bits per heavy atom. The lowest BCUT2D eigenvalue weighted by Gasteiger charge is -2.29. The molecule has 1 aliphatic carbocycles. The summed E-state index contributed by atoms with van der Waals surface area (Å²) in [6.45, 7) is 0.382. The molecule has 0 bridgehead atoms. The van der Waals surface area contributed by atoms with Gasteiger partial charge in [-0.2, -0.15) is 11.8 Å². The van der Waals surface area contributed by atoms with Crippen molar-refractivity contribution in [2.45, 2.75) is 43.6 Å². The predicted molar refractivity (Wildman–Crippen MR) is 80.9 cm³/mol.